The molecule has 1 N–H and O–H groups in total. The van der Waals surface area contributed by atoms with Gasteiger partial charge in [-0.1, -0.05) is 4.49 Å². The molecule has 1 aliphatic heterocycles. The van der Waals surface area contributed by atoms with Crippen molar-refractivity contribution in [3.05, 3.63) is 16.4 Å². The average Bonchev–Trinajstić information content (AvgIpc) is 2.59. The molecule has 3 nitrogen and oxygen atoms in total. The van der Waals surface area contributed by atoms with Crippen LogP contribution in [0.25, 0.3) is 0 Å². The Labute approximate surface area is 67.4 Å². The topological polar surface area (TPSA) is 37.8 Å². The molecule has 2 rings (SSSR count). The van der Waals surface area contributed by atoms with E-state index >= 15 is 0 Å². The Kier molecular flexibility index (Phi) is 1.88. The third-order valence-corrected chi connectivity index (χ3v) is 2.78. The first-order valence-electron chi connectivity index (χ1n) is 2.98. The van der Waals surface area contributed by atoms with Gasteiger partial charge in [-0.05, 0) is 11.5 Å². The van der Waals surface area contributed by atoms with E-state index in [-0.39, 0.29) is 0 Å². The van der Waals surface area contributed by atoms with Gasteiger partial charge < -0.3 is 0 Å². The molecule has 0 bridgehead atoms. The molecule has 1 fully saturated rings. The maximum Gasteiger partial charge on any atom is 0.144 e. The molecule has 1 radical (unpaired) electrons. The monoisotopic (exact) mass is 172 g/mol. The molecule has 0 unspecified atom stereocenters. The van der Waals surface area contributed by atoms with Gasteiger partial charge in [0.05, 0.1) is 0 Å². The second kappa shape index (κ2) is 2.86. The highest BCUT2D eigenvalue weighted by atomic mass is 32.2. The van der Waals surface area contributed by atoms with E-state index in [1.54, 1.807) is 0 Å². The van der Waals surface area contributed by atoms with Crippen LogP contribution in [0.5, 0.6) is 0 Å². The maximum absolute atomic E-state index is 3.95. The van der Waals surface area contributed by atoms with E-state index in [0.717, 1.165) is 18.0 Å². The van der Waals surface area contributed by atoms with E-state index < -0.39 is 0 Å². The molecule has 0 aliphatic carbocycles. The molecule has 10 heavy (non-hydrogen) atoms. The highest BCUT2D eigenvalue weighted by Gasteiger charge is 2.19. The fourth-order valence-electron chi connectivity index (χ4n) is 0.797. The molecular formula is C5H6N3S2. The van der Waals surface area contributed by atoms with Crippen LogP contribution < -0.4 is 5.32 Å². The number of hydrogen-bond donors (Lipinski definition) is 1. The summed E-state index contributed by atoms with van der Waals surface area (Å²) in [7, 11) is 0. The Balaban J connectivity index is 2.12. The quantitative estimate of drug-likeness (QED) is 0.677. The number of nitrogens with one attached hydrogen (secondary N) is 1. The summed E-state index contributed by atoms with van der Waals surface area (Å²) >= 11 is 3.20. The van der Waals surface area contributed by atoms with Crippen LogP contribution >= 0.6 is 23.3 Å². The molecule has 1 aliphatic rings. The van der Waals surface area contributed by atoms with E-state index in [9.17, 15) is 0 Å². The first-order chi connectivity index (χ1) is 4.97. The molecule has 0 atom stereocenters. The van der Waals surface area contributed by atoms with Crippen molar-refractivity contribution in [1.29, 1.82) is 0 Å². The molecule has 0 amide bonds. The largest absolute Gasteiger partial charge is 0.294 e. The van der Waals surface area contributed by atoms with Crippen molar-refractivity contribution in [1.82, 2.24) is 14.9 Å². The predicted octanol–water partition coefficient (Wildman–Crippen LogP) is 0.712. The van der Waals surface area contributed by atoms with Crippen LogP contribution in [0.2, 0.25) is 0 Å². The van der Waals surface area contributed by atoms with Gasteiger partial charge in [-0.15, -0.1) is 16.9 Å². The number of nitrogens with zero attached hydrogens (tertiary/aromatic N) is 2. The van der Waals surface area contributed by atoms with Crippen molar-refractivity contribution < 1.29 is 0 Å². The van der Waals surface area contributed by atoms with Gasteiger partial charge in [0.2, 0.25) is 0 Å². The zero-order chi connectivity index (χ0) is 6.81. The third-order valence-electron chi connectivity index (χ3n) is 1.23. The predicted molar refractivity (Wildman–Crippen MR) is 42.7 cm³/mol. The van der Waals surface area contributed by atoms with Gasteiger partial charge in [-0.25, -0.2) is 0 Å². The molecule has 1 saturated heterocycles. The lowest BCUT2D eigenvalue weighted by atomic mass is 10.5. The SMILES string of the molecule is c1snnc1[C]1NCCS1. The second-order valence-electron chi connectivity index (χ2n) is 1.89. The lowest BCUT2D eigenvalue weighted by Gasteiger charge is -2.00. The van der Waals surface area contributed by atoms with Crippen molar-refractivity contribution in [2.24, 2.45) is 0 Å². The van der Waals surface area contributed by atoms with Crippen LogP contribution in [-0.4, -0.2) is 21.9 Å². The Hall–Kier alpha value is -0.130. The average molecular weight is 172 g/mol. The molecule has 0 saturated carbocycles. The molecule has 5 heteroatoms. The zero-order valence-corrected chi connectivity index (χ0v) is 6.84. The summed E-state index contributed by atoms with van der Waals surface area (Å²) in [4.78, 5) is 0. The maximum atomic E-state index is 3.95. The molecule has 1 aromatic rings. The smallest absolute Gasteiger partial charge is 0.144 e. The molecule has 0 aromatic carbocycles. The Morgan fingerprint density at radius 1 is 1.60 bits per heavy atom. The summed E-state index contributed by atoms with van der Waals surface area (Å²) in [5, 5.41) is 10.3. The number of thioether (sulfide) groups is 1. The molecule has 1 aromatic heterocycles. The third kappa shape index (κ3) is 1.16. The lowest BCUT2D eigenvalue weighted by Crippen LogP contribution is -2.13. The number of aromatic nitrogens is 2. The minimum absolute atomic E-state index is 0.993. The van der Waals surface area contributed by atoms with Crippen LogP contribution in [0.3, 0.4) is 0 Å². The highest BCUT2D eigenvalue weighted by Crippen LogP contribution is 2.27. The highest BCUT2D eigenvalue weighted by molar-refractivity contribution is 8.02. The van der Waals surface area contributed by atoms with E-state index in [1.807, 2.05) is 17.1 Å². The summed E-state index contributed by atoms with van der Waals surface area (Å²) in [5.74, 6) is 1.15. The fraction of sp³-hybridized carbons (Fsp3) is 0.400. The van der Waals surface area contributed by atoms with Gasteiger partial charge in [-0.2, -0.15) is 0 Å². The summed E-state index contributed by atoms with van der Waals surface area (Å²) in [6.45, 7) is 1.05. The summed E-state index contributed by atoms with van der Waals surface area (Å²) in [5.41, 5.74) is 0.993. The van der Waals surface area contributed by atoms with Crippen LogP contribution in [0, 0.1) is 5.37 Å². The summed E-state index contributed by atoms with van der Waals surface area (Å²) in [6, 6.07) is 0. The Morgan fingerprint density at radius 3 is 3.20 bits per heavy atom. The minimum Gasteiger partial charge on any atom is -0.294 e. The van der Waals surface area contributed by atoms with E-state index in [0.29, 0.717) is 0 Å². The molecule has 53 valence electrons. The standard InChI is InChI=1S/C5H6N3S2/c1-2-9-5(6-1)4-3-10-8-7-4/h3,6H,1-2H2. The molecular weight excluding hydrogens is 166 g/mol. The minimum atomic E-state index is 0.993. The van der Waals surface area contributed by atoms with Crippen molar-refractivity contribution in [3.8, 4) is 0 Å². The van der Waals surface area contributed by atoms with Crippen LogP contribution in [0.1, 0.15) is 5.69 Å². The van der Waals surface area contributed by atoms with Gasteiger partial charge in [0.1, 0.15) is 11.1 Å². The van der Waals surface area contributed by atoms with Crippen LogP contribution in [-0.2, 0) is 0 Å². The van der Waals surface area contributed by atoms with Gasteiger partial charge in [0, 0.05) is 17.7 Å². The van der Waals surface area contributed by atoms with E-state index in [2.05, 4.69) is 14.9 Å². The van der Waals surface area contributed by atoms with Crippen LogP contribution in [0.15, 0.2) is 5.38 Å². The number of rotatable bonds is 1. The van der Waals surface area contributed by atoms with Crippen molar-refractivity contribution in [2.45, 2.75) is 0 Å². The Bertz CT molecular complexity index is 193. The lowest BCUT2D eigenvalue weighted by molar-refractivity contribution is 0.862. The normalized spacial score (nSPS) is 20.0. The van der Waals surface area contributed by atoms with Crippen molar-refractivity contribution in [3.63, 3.8) is 0 Å². The van der Waals surface area contributed by atoms with E-state index in [4.69, 9.17) is 0 Å². The van der Waals surface area contributed by atoms with Gasteiger partial charge in [-0.3, -0.25) is 5.32 Å². The van der Waals surface area contributed by atoms with Crippen LogP contribution in [0.4, 0.5) is 0 Å². The fourth-order valence-corrected chi connectivity index (χ4v) is 2.18. The second-order valence-corrected chi connectivity index (χ2v) is 3.61. The summed E-state index contributed by atoms with van der Waals surface area (Å²) in [6.07, 6.45) is 0. The first kappa shape index (κ1) is 6.57. The number of hydrogen-bond acceptors (Lipinski definition) is 5. The van der Waals surface area contributed by atoms with E-state index in [1.165, 1.54) is 16.9 Å². The van der Waals surface area contributed by atoms with Gasteiger partial charge in [0.15, 0.2) is 0 Å². The zero-order valence-electron chi connectivity index (χ0n) is 5.20. The molecule has 2 heterocycles. The molecule has 0 spiro atoms. The first-order valence-corrected chi connectivity index (χ1v) is 4.80. The van der Waals surface area contributed by atoms with Gasteiger partial charge in [0.25, 0.3) is 0 Å². The van der Waals surface area contributed by atoms with Crippen molar-refractivity contribution in [2.75, 3.05) is 12.3 Å². The van der Waals surface area contributed by atoms with Crippen molar-refractivity contribution >= 4 is 23.3 Å². The summed E-state index contributed by atoms with van der Waals surface area (Å²) < 4.78 is 3.78. The van der Waals surface area contributed by atoms with Gasteiger partial charge >= 0.3 is 0 Å². The Morgan fingerprint density at radius 2 is 2.60 bits per heavy atom.